The number of para-hydroxylation sites is 1. The first kappa shape index (κ1) is 21.1. The molecule has 1 aliphatic heterocycles. The van der Waals surface area contributed by atoms with Crippen LogP contribution in [0.2, 0.25) is 10.0 Å². The van der Waals surface area contributed by atoms with Gasteiger partial charge < -0.3 is 4.90 Å². The molecule has 156 valence electrons. The lowest BCUT2D eigenvalue weighted by Crippen LogP contribution is -2.50. The predicted molar refractivity (Wildman–Crippen MR) is 117 cm³/mol. The Kier molecular flexibility index (Phi) is 5.97. The number of amides is 1. The molecule has 30 heavy (non-hydrogen) atoms. The number of hydrogen-bond donors (Lipinski definition) is 0. The van der Waals surface area contributed by atoms with Gasteiger partial charge in [-0.1, -0.05) is 47.5 Å². The lowest BCUT2D eigenvalue weighted by Gasteiger charge is -2.34. The van der Waals surface area contributed by atoms with E-state index in [4.69, 9.17) is 23.2 Å². The highest BCUT2D eigenvalue weighted by atomic mass is 35.5. The Balaban J connectivity index is 1.45. The number of carbonyl (C=O) groups is 1. The van der Waals surface area contributed by atoms with Crippen LogP contribution in [0.4, 0.5) is 0 Å². The zero-order valence-electron chi connectivity index (χ0n) is 16.0. The number of sulfonamides is 1. The highest BCUT2D eigenvalue weighted by molar-refractivity contribution is 7.89. The molecular formula is C21H19Cl2N3O3S. The van der Waals surface area contributed by atoms with Gasteiger partial charge in [-0.15, -0.1) is 0 Å². The molecule has 2 heterocycles. The molecular weight excluding hydrogens is 445 g/mol. The van der Waals surface area contributed by atoms with E-state index in [1.807, 2.05) is 30.3 Å². The average Bonchev–Trinajstić information content (AvgIpc) is 2.75. The minimum Gasteiger partial charge on any atom is -0.340 e. The molecule has 6 nitrogen and oxygen atoms in total. The van der Waals surface area contributed by atoms with Crippen molar-refractivity contribution in [2.45, 2.75) is 11.3 Å². The normalized spacial score (nSPS) is 15.5. The van der Waals surface area contributed by atoms with Crippen molar-refractivity contribution in [3.63, 3.8) is 0 Å². The maximum Gasteiger partial charge on any atom is 0.244 e. The molecule has 1 fully saturated rings. The molecule has 0 N–H and O–H groups in total. The molecule has 4 rings (SSSR count). The Labute approximate surface area is 185 Å². The van der Waals surface area contributed by atoms with Crippen molar-refractivity contribution in [1.29, 1.82) is 0 Å². The third-order valence-corrected chi connectivity index (χ3v) is 7.78. The molecule has 0 radical (unpaired) electrons. The lowest BCUT2D eigenvalue weighted by atomic mass is 10.1. The minimum absolute atomic E-state index is 0.0155. The van der Waals surface area contributed by atoms with Crippen molar-refractivity contribution in [1.82, 2.24) is 14.2 Å². The highest BCUT2D eigenvalue weighted by Crippen LogP contribution is 2.28. The third-order valence-electron chi connectivity index (χ3n) is 5.16. The second-order valence-electron chi connectivity index (χ2n) is 7.03. The summed E-state index contributed by atoms with van der Waals surface area (Å²) in [5.74, 6) is -0.0500. The van der Waals surface area contributed by atoms with Gasteiger partial charge in [0.2, 0.25) is 15.9 Å². The van der Waals surface area contributed by atoms with Gasteiger partial charge in [0, 0.05) is 42.8 Å². The third kappa shape index (κ3) is 4.16. The summed E-state index contributed by atoms with van der Waals surface area (Å²) < 4.78 is 27.2. The fraction of sp³-hybridized carbons (Fsp3) is 0.238. The summed E-state index contributed by atoms with van der Waals surface area (Å²) >= 11 is 12.0. The van der Waals surface area contributed by atoms with Gasteiger partial charge >= 0.3 is 0 Å². The summed E-state index contributed by atoms with van der Waals surface area (Å²) in [6, 6.07) is 13.9. The molecule has 1 amide bonds. The largest absolute Gasteiger partial charge is 0.340 e. The van der Waals surface area contributed by atoms with Crippen LogP contribution in [-0.4, -0.2) is 54.7 Å². The van der Waals surface area contributed by atoms with Crippen molar-refractivity contribution >= 4 is 50.0 Å². The zero-order chi connectivity index (χ0) is 21.3. The number of halogens is 2. The van der Waals surface area contributed by atoms with Gasteiger partial charge in [-0.05, 0) is 29.8 Å². The van der Waals surface area contributed by atoms with Gasteiger partial charge in [-0.3, -0.25) is 9.78 Å². The molecule has 1 aliphatic rings. The summed E-state index contributed by atoms with van der Waals surface area (Å²) in [6.45, 7) is 1.03. The SMILES string of the molecule is O=C(Cc1cccc2cccnc12)N1CCN(S(=O)(=O)c2cc(Cl)ccc2Cl)CC1. The van der Waals surface area contributed by atoms with Gasteiger partial charge in [-0.2, -0.15) is 4.31 Å². The molecule has 0 spiro atoms. The first-order valence-electron chi connectivity index (χ1n) is 9.42. The van der Waals surface area contributed by atoms with E-state index in [1.165, 1.54) is 16.4 Å². The molecule has 9 heteroatoms. The summed E-state index contributed by atoms with van der Waals surface area (Å²) in [6.07, 6.45) is 1.93. The first-order chi connectivity index (χ1) is 14.4. The average molecular weight is 464 g/mol. The van der Waals surface area contributed by atoms with Crippen molar-refractivity contribution < 1.29 is 13.2 Å². The van der Waals surface area contributed by atoms with E-state index in [0.717, 1.165) is 16.5 Å². The van der Waals surface area contributed by atoms with E-state index in [9.17, 15) is 13.2 Å². The second kappa shape index (κ2) is 8.51. The molecule has 0 saturated carbocycles. The summed E-state index contributed by atoms with van der Waals surface area (Å²) in [7, 11) is -3.78. The molecule has 1 aromatic heterocycles. The van der Waals surface area contributed by atoms with E-state index >= 15 is 0 Å². The fourth-order valence-electron chi connectivity index (χ4n) is 3.58. The van der Waals surface area contributed by atoms with Gasteiger partial charge in [0.1, 0.15) is 4.90 Å². The molecule has 0 atom stereocenters. The number of rotatable bonds is 4. The quantitative estimate of drug-likeness (QED) is 0.592. The van der Waals surface area contributed by atoms with Crippen molar-refractivity contribution in [2.24, 2.45) is 0 Å². The fourth-order valence-corrected chi connectivity index (χ4v) is 5.74. The maximum absolute atomic E-state index is 12.9. The van der Waals surface area contributed by atoms with Crippen molar-refractivity contribution in [3.8, 4) is 0 Å². The minimum atomic E-state index is -3.78. The topological polar surface area (TPSA) is 70.6 Å². The van der Waals surface area contributed by atoms with Crippen LogP contribution in [0.1, 0.15) is 5.56 Å². The monoisotopic (exact) mass is 463 g/mol. The van der Waals surface area contributed by atoms with Crippen LogP contribution in [0, 0.1) is 0 Å². The van der Waals surface area contributed by atoms with Gasteiger partial charge in [-0.25, -0.2) is 8.42 Å². The highest BCUT2D eigenvalue weighted by Gasteiger charge is 2.31. The molecule has 0 unspecified atom stereocenters. The predicted octanol–water partition coefficient (Wildman–Crippen LogP) is 3.62. The Morgan fingerprint density at radius 1 is 1.00 bits per heavy atom. The number of hydrogen-bond acceptors (Lipinski definition) is 4. The molecule has 2 aromatic carbocycles. The standard InChI is InChI=1S/C21H19Cl2N3O3S/c22-17-6-7-18(23)19(14-17)30(28,29)26-11-9-25(10-12-26)20(27)13-16-4-1-3-15-5-2-8-24-21(15)16/h1-8,14H,9-13H2. The number of benzene rings is 2. The van der Waals surface area contributed by atoms with Gasteiger partial charge in [0.15, 0.2) is 0 Å². The summed E-state index contributed by atoms with van der Waals surface area (Å²) in [5.41, 5.74) is 1.67. The lowest BCUT2D eigenvalue weighted by molar-refractivity contribution is -0.131. The Bertz CT molecular complexity index is 1200. The van der Waals surface area contributed by atoms with Crippen LogP contribution < -0.4 is 0 Å². The van der Waals surface area contributed by atoms with E-state index in [1.54, 1.807) is 17.2 Å². The molecule has 1 saturated heterocycles. The van der Waals surface area contributed by atoms with Crippen LogP contribution in [0.5, 0.6) is 0 Å². The Morgan fingerprint density at radius 2 is 1.73 bits per heavy atom. The van der Waals surface area contributed by atoms with Crippen molar-refractivity contribution in [3.05, 3.63) is 70.3 Å². The van der Waals surface area contributed by atoms with Gasteiger partial charge in [0.05, 0.1) is 17.0 Å². The second-order valence-corrected chi connectivity index (χ2v) is 9.78. The van der Waals surface area contributed by atoms with E-state index in [0.29, 0.717) is 18.1 Å². The van der Waals surface area contributed by atoms with E-state index < -0.39 is 10.0 Å². The Hall–Kier alpha value is -2.19. The van der Waals surface area contributed by atoms with Crippen LogP contribution in [0.15, 0.2) is 59.6 Å². The molecule has 0 bridgehead atoms. The van der Waals surface area contributed by atoms with Crippen LogP contribution in [0.25, 0.3) is 10.9 Å². The smallest absolute Gasteiger partial charge is 0.244 e. The number of pyridine rings is 1. The Morgan fingerprint density at radius 3 is 2.50 bits per heavy atom. The summed E-state index contributed by atoms with van der Waals surface area (Å²) in [4.78, 5) is 18.9. The number of carbonyl (C=O) groups excluding carboxylic acids is 1. The molecule has 3 aromatic rings. The van der Waals surface area contributed by atoms with E-state index in [2.05, 4.69) is 4.98 Å². The zero-order valence-corrected chi connectivity index (χ0v) is 18.3. The van der Waals surface area contributed by atoms with Crippen LogP contribution in [-0.2, 0) is 21.2 Å². The number of piperazine rings is 1. The van der Waals surface area contributed by atoms with Crippen molar-refractivity contribution in [2.75, 3.05) is 26.2 Å². The number of nitrogens with zero attached hydrogens (tertiary/aromatic N) is 3. The van der Waals surface area contributed by atoms with Gasteiger partial charge in [0.25, 0.3) is 0 Å². The number of fused-ring (bicyclic) bond motifs is 1. The molecule has 0 aliphatic carbocycles. The maximum atomic E-state index is 12.9. The van der Waals surface area contributed by atoms with Crippen LogP contribution >= 0.6 is 23.2 Å². The van der Waals surface area contributed by atoms with Crippen LogP contribution in [0.3, 0.4) is 0 Å². The summed E-state index contributed by atoms with van der Waals surface area (Å²) in [5, 5.41) is 1.41. The van der Waals surface area contributed by atoms with E-state index in [-0.39, 0.29) is 35.3 Å². The first-order valence-corrected chi connectivity index (χ1v) is 11.6. The number of aromatic nitrogens is 1.